The Morgan fingerprint density at radius 3 is 2.09 bits per heavy atom. The molecule has 2 aromatic carbocycles. The molecular weight excluding hydrogens is 598 g/mol. The molecule has 13 heteroatoms. The first-order valence-corrected chi connectivity index (χ1v) is 16.2. The monoisotopic (exact) mass is 632 g/mol. The van der Waals surface area contributed by atoms with Crippen LogP contribution < -0.4 is 0 Å². The molecule has 2 aromatic rings. The van der Waals surface area contributed by atoms with Crippen LogP contribution in [0.25, 0.3) is 0 Å². The Bertz CT molecular complexity index is 1430. The Morgan fingerprint density at radius 1 is 0.884 bits per heavy atom. The third-order valence-corrected chi connectivity index (χ3v) is 11.0. The van der Waals surface area contributed by atoms with Crippen molar-refractivity contribution in [3.05, 3.63) is 64.7 Å². The Balaban J connectivity index is 1.21. The molecule has 0 aromatic heterocycles. The number of sulfone groups is 1. The number of carboxylic acid groups (broad SMARTS) is 1. The van der Waals surface area contributed by atoms with Gasteiger partial charge >= 0.3 is 5.97 Å². The molecular formula is C30H34F6N2O4S. The number of rotatable bonds is 11. The van der Waals surface area contributed by atoms with Gasteiger partial charge in [-0.25, -0.2) is 34.8 Å². The standard InChI is InChI=1S/C30H34F6N2O4S/c31-21-3-1-2-19(13-21)22-16-38(23(30(39)40)12-18-4-5-18)15-20(22)14-37-9-6-17(7-10-37)8-11-43(41,42)29-27(35)25(33)24(32)26(34)28(29)36/h1-3,13,17-18,20,22-23H,4-12,14-16H2,(H,39,40)/t20-,22?,23?/m0/s1. The van der Waals surface area contributed by atoms with Gasteiger partial charge in [-0.1, -0.05) is 25.0 Å². The molecule has 2 saturated heterocycles. The second-order valence-electron chi connectivity index (χ2n) is 12.2. The minimum Gasteiger partial charge on any atom is -0.480 e. The minimum atomic E-state index is -4.78. The van der Waals surface area contributed by atoms with Crippen molar-refractivity contribution in [3.8, 4) is 0 Å². The zero-order valence-corrected chi connectivity index (χ0v) is 24.2. The number of hydrogen-bond donors (Lipinski definition) is 1. The molecule has 5 rings (SSSR count). The van der Waals surface area contributed by atoms with Gasteiger partial charge in [0.1, 0.15) is 16.8 Å². The lowest BCUT2D eigenvalue weighted by Crippen LogP contribution is -2.42. The first kappa shape index (κ1) is 31.8. The molecule has 6 nitrogen and oxygen atoms in total. The maximum Gasteiger partial charge on any atom is 0.320 e. The molecule has 3 aliphatic rings. The summed E-state index contributed by atoms with van der Waals surface area (Å²) < 4.78 is 108. The lowest BCUT2D eigenvalue weighted by Gasteiger charge is -2.35. The van der Waals surface area contributed by atoms with Crippen molar-refractivity contribution in [2.45, 2.75) is 55.4 Å². The minimum absolute atomic E-state index is 0.000248. The summed E-state index contributed by atoms with van der Waals surface area (Å²) >= 11 is 0. The predicted molar refractivity (Wildman–Crippen MR) is 145 cm³/mol. The van der Waals surface area contributed by atoms with Gasteiger partial charge in [0, 0.05) is 25.6 Å². The highest BCUT2D eigenvalue weighted by molar-refractivity contribution is 7.91. The molecule has 0 radical (unpaired) electrons. The molecule has 1 aliphatic carbocycles. The third-order valence-electron chi connectivity index (χ3n) is 9.20. The first-order valence-electron chi connectivity index (χ1n) is 14.5. The van der Waals surface area contributed by atoms with Crippen LogP contribution in [0.2, 0.25) is 0 Å². The van der Waals surface area contributed by atoms with E-state index in [9.17, 15) is 44.7 Å². The number of carboxylic acids is 1. The summed E-state index contributed by atoms with van der Waals surface area (Å²) in [5, 5.41) is 9.95. The molecule has 2 heterocycles. The van der Waals surface area contributed by atoms with Crippen LogP contribution >= 0.6 is 0 Å². The van der Waals surface area contributed by atoms with Crippen molar-refractivity contribution in [1.29, 1.82) is 0 Å². The lowest BCUT2D eigenvalue weighted by atomic mass is 9.87. The summed E-state index contributed by atoms with van der Waals surface area (Å²) in [6.45, 7) is 2.85. The van der Waals surface area contributed by atoms with Crippen LogP contribution in [0.15, 0.2) is 29.2 Å². The van der Waals surface area contributed by atoms with E-state index < -0.39 is 61.6 Å². The number of halogens is 6. The van der Waals surface area contributed by atoms with Gasteiger partial charge in [-0.15, -0.1) is 0 Å². The summed E-state index contributed by atoms with van der Waals surface area (Å²) in [5.74, 6) is -13.4. The van der Waals surface area contributed by atoms with E-state index in [2.05, 4.69) is 4.90 Å². The Hall–Kier alpha value is -2.64. The fourth-order valence-corrected chi connectivity index (χ4v) is 8.18. The normalized spacial score (nSPS) is 23.1. The molecule has 0 spiro atoms. The molecule has 2 unspecified atom stereocenters. The summed E-state index contributed by atoms with van der Waals surface area (Å²) in [6, 6.07) is 5.77. The van der Waals surface area contributed by atoms with E-state index in [1.54, 1.807) is 6.07 Å². The molecule has 2 aliphatic heterocycles. The van der Waals surface area contributed by atoms with Crippen LogP contribution in [0.5, 0.6) is 0 Å². The van der Waals surface area contributed by atoms with E-state index in [1.165, 1.54) is 12.1 Å². The van der Waals surface area contributed by atoms with Crippen LogP contribution in [-0.4, -0.2) is 73.8 Å². The Kier molecular flexibility index (Phi) is 9.43. The van der Waals surface area contributed by atoms with Gasteiger partial charge in [-0.05, 0) is 74.2 Å². The highest BCUT2D eigenvalue weighted by atomic mass is 32.2. The number of piperidine rings is 1. The van der Waals surface area contributed by atoms with Gasteiger partial charge in [0.25, 0.3) is 0 Å². The van der Waals surface area contributed by atoms with Crippen molar-refractivity contribution in [2.75, 3.05) is 38.5 Å². The Morgan fingerprint density at radius 2 is 1.51 bits per heavy atom. The number of benzene rings is 2. The summed E-state index contributed by atoms with van der Waals surface area (Å²) in [6.07, 6.45) is 3.79. The van der Waals surface area contributed by atoms with Crippen molar-refractivity contribution >= 4 is 15.8 Å². The average Bonchev–Trinajstić information content (AvgIpc) is 3.70. The maximum absolute atomic E-state index is 14.1. The molecule has 0 amide bonds. The predicted octanol–water partition coefficient (Wildman–Crippen LogP) is 5.37. The van der Waals surface area contributed by atoms with Crippen LogP contribution in [-0.2, 0) is 14.6 Å². The molecule has 3 fully saturated rings. The lowest BCUT2D eigenvalue weighted by molar-refractivity contribution is -0.143. The number of hydrogen-bond acceptors (Lipinski definition) is 5. The van der Waals surface area contributed by atoms with Gasteiger partial charge < -0.3 is 10.0 Å². The van der Waals surface area contributed by atoms with Crippen LogP contribution in [0.4, 0.5) is 26.3 Å². The van der Waals surface area contributed by atoms with Crippen LogP contribution in [0.3, 0.4) is 0 Å². The van der Waals surface area contributed by atoms with E-state index in [0.29, 0.717) is 57.9 Å². The van der Waals surface area contributed by atoms with E-state index >= 15 is 0 Å². The largest absolute Gasteiger partial charge is 0.480 e. The van der Waals surface area contributed by atoms with Gasteiger partial charge in [-0.2, -0.15) is 0 Å². The summed E-state index contributed by atoms with van der Waals surface area (Å²) in [7, 11) is -4.78. The second kappa shape index (κ2) is 12.8. The van der Waals surface area contributed by atoms with Gasteiger partial charge in [-0.3, -0.25) is 9.69 Å². The van der Waals surface area contributed by atoms with E-state index in [-0.39, 0.29) is 30.0 Å². The number of likely N-dealkylation sites (tertiary alicyclic amines) is 2. The molecule has 3 atom stereocenters. The number of aliphatic carboxylic acids is 1. The van der Waals surface area contributed by atoms with E-state index in [4.69, 9.17) is 0 Å². The number of carbonyl (C=O) groups is 1. The zero-order valence-electron chi connectivity index (χ0n) is 23.4. The molecule has 1 saturated carbocycles. The summed E-state index contributed by atoms with van der Waals surface area (Å²) in [4.78, 5) is 14.5. The topological polar surface area (TPSA) is 77.9 Å². The Labute approximate surface area is 246 Å². The number of nitrogens with zero attached hydrogens (tertiary/aromatic N) is 2. The van der Waals surface area contributed by atoms with Gasteiger partial charge in [0.15, 0.2) is 33.1 Å². The fourth-order valence-electron chi connectivity index (χ4n) is 6.61. The maximum atomic E-state index is 14.1. The SMILES string of the molecule is O=C(O)C(CC1CC1)N1CC(c2cccc(F)c2)[C@@H](CN2CCC(CCS(=O)(=O)c3c(F)c(F)c(F)c(F)c3F)CC2)C1. The van der Waals surface area contributed by atoms with E-state index in [0.717, 1.165) is 18.4 Å². The first-order chi connectivity index (χ1) is 20.4. The average molecular weight is 633 g/mol. The van der Waals surface area contributed by atoms with Crippen molar-refractivity contribution in [1.82, 2.24) is 9.80 Å². The van der Waals surface area contributed by atoms with Gasteiger partial charge in [0.05, 0.1) is 5.75 Å². The highest BCUT2D eigenvalue weighted by Crippen LogP contribution is 2.40. The van der Waals surface area contributed by atoms with Crippen molar-refractivity contribution in [2.24, 2.45) is 17.8 Å². The molecule has 0 bridgehead atoms. The third kappa shape index (κ3) is 7.04. The highest BCUT2D eigenvalue weighted by Gasteiger charge is 2.42. The van der Waals surface area contributed by atoms with Gasteiger partial charge in [0.2, 0.25) is 5.82 Å². The molecule has 43 heavy (non-hydrogen) atoms. The molecule has 236 valence electrons. The van der Waals surface area contributed by atoms with Crippen LogP contribution in [0.1, 0.15) is 50.0 Å². The summed E-state index contributed by atoms with van der Waals surface area (Å²) in [5.41, 5.74) is 0.816. The molecule has 1 N–H and O–H groups in total. The second-order valence-corrected chi connectivity index (χ2v) is 14.2. The fraction of sp³-hybridized carbons (Fsp3) is 0.567. The smallest absolute Gasteiger partial charge is 0.320 e. The van der Waals surface area contributed by atoms with Crippen LogP contribution in [0, 0.1) is 52.7 Å². The van der Waals surface area contributed by atoms with E-state index in [1.807, 2.05) is 11.0 Å². The van der Waals surface area contributed by atoms with Crippen molar-refractivity contribution < 1.29 is 44.7 Å². The van der Waals surface area contributed by atoms with Crippen molar-refractivity contribution in [3.63, 3.8) is 0 Å². The zero-order chi connectivity index (χ0) is 31.1. The quantitative estimate of drug-likeness (QED) is 0.156.